The van der Waals surface area contributed by atoms with Crippen LogP contribution < -0.4 is 0 Å². The molecule has 1 atom stereocenters. The van der Waals surface area contributed by atoms with E-state index in [-0.39, 0.29) is 5.97 Å². The van der Waals surface area contributed by atoms with E-state index >= 15 is 0 Å². The largest absolute Gasteiger partial charge is 0.457 e. The second-order valence-electron chi connectivity index (χ2n) is 5.44. The highest BCUT2D eigenvalue weighted by atomic mass is 16.6. The molecule has 0 aromatic rings. The van der Waals surface area contributed by atoms with Gasteiger partial charge in [-0.3, -0.25) is 0 Å². The van der Waals surface area contributed by atoms with Gasteiger partial charge >= 0.3 is 5.97 Å². The molecule has 1 fully saturated rings. The zero-order valence-electron chi connectivity index (χ0n) is 10.6. The first-order chi connectivity index (χ1) is 7.40. The molecule has 1 unspecified atom stereocenters. The third-order valence-electron chi connectivity index (χ3n) is 2.74. The Hall–Kier alpha value is -1.05. The number of hydrogen-bond acceptors (Lipinski definition) is 2. The van der Waals surface area contributed by atoms with Gasteiger partial charge in [0, 0.05) is 6.08 Å². The second-order valence-corrected chi connectivity index (χ2v) is 5.44. The van der Waals surface area contributed by atoms with E-state index in [2.05, 4.69) is 12.7 Å². The van der Waals surface area contributed by atoms with E-state index in [1.54, 1.807) is 5.57 Å². The van der Waals surface area contributed by atoms with E-state index in [4.69, 9.17) is 4.74 Å². The van der Waals surface area contributed by atoms with Gasteiger partial charge in [0.05, 0.1) is 0 Å². The summed E-state index contributed by atoms with van der Waals surface area (Å²) in [5.41, 5.74) is 1.34. The predicted octanol–water partition coefficient (Wildman–Crippen LogP) is 3.63. The van der Waals surface area contributed by atoms with Crippen LogP contribution in [0.3, 0.4) is 0 Å². The molecule has 0 saturated heterocycles. The molecule has 2 aliphatic rings. The highest BCUT2D eigenvalue weighted by Gasteiger charge is 2.22. The van der Waals surface area contributed by atoms with Crippen LogP contribution in [0.5, 0.6) is 0 Å². The normalized spacial score (nSPS) is 21.9. The maximum atomic E-state index is 10.5. The number of allylic oxidation sites excluding steroid dienone is 2. The quantitative estimate of drug-likeness (QED) is 0.385. The fraction of sp³-hybridized carbons (Fsp3) is 0.643. The summed E-state index contributed by atoms with van der Waals surface area (Å²) in [6.45, 7) is 8.71. The monoisotopic (exact) mass is 222 g/mol. The highest BCUT2D eigenvalue weighted by molar-refractivity contribution is 5.81. The Kier molecular flexibility index (Phi) is 4.34. The Morgan fingerprint density at radius 1 is 1.56 bits per heavy atom. The Bertz CT molecular complexity index is 294. The van der Waals surface area contributed by atoms with Gasteiger partial charge in [-0.05, 0) is 52.4 Å². The number of fused-ring (bicyclic) bond motifs is 2. The fourth-order valence-electron chi connectivity index (χ4n) is 2.03. The molecule has 2 heteroatoms. The molecule has 16 heavy (non-hydrogen) atoms. The molecule has 0 aromatic heterocycles. The van der Waals surface area contributed by atoms with E-state index in [1.165, 1.54) is 25.7 Å². The number of ether oxygens (including phenoxy) is 1. The van der Waals surface area contributed by atoms with Crippen molar-refractivity contribution in [2.24, 2.45) is 5.92 Å². The number of hydrogen-bond donors (Lipinski definition) is 0. The van der Waals surface area contributed by atoms with Crippen LogP contribution in [0.2, 0.25) is 0 Å². The summed E-state index contributed by atoms with van der Waals surface area (Å²) >= 11 is 0. The number of rotatable bonds is 1. The summed E-state index contributed by atoms with van der Waals surface area (Å²) in [5, 5.41) is 0. The van der Waals surface area contributed by atoms with Gasteiger partial charge in [-0.2, -0.15) is 0 Å². The molecular weight excluding hydrogens is 200 g/mol. The molecule has 2 rings (SSSR count). The third-order valence-corrected chi connectivity index (χ3v) is 2.74. The molecule has 2 aliphatic carbocycles. The van der Waals surface area contributed by atoms with Crippen LogP contribution in [-0.2, 0) is 9.53 Å². The van der Waals surface area contributed by atoms with Crippen LogP contribution in [0.1, 0.15) is 46.5 Å². The molecule has 0 radical (unpaired) electrons. The van der Waals surface area contributed by atoms with Crippen LogP contribution in [0.25, 0.3) is 0 Å². The zero-order chi connectivity index (χ0) is 12.2. The second kappa shape index (κ2) is 5.33. The van der Waals surface area contributed by atoms with E-state index in [1.807, 2.05) is 20.8 Å². The van der Waals surface area contributed by atoms with Gasteiger partial charge in [0.15, 0.2) is 0 Å². The lowest BCUT2D eigenvalue weighted by Crippen LogP contribution is -2.22. The summed E-state index contributed by atoms with van der Waals surface area (Å²) in [6, 6.07) is 0. The van der Waals surface area contributed by atoms with Crippen molar-refractivity contribution >= 4 is 5.97 Å². The Labute approximate surface area is 98.4 Å². The van der Waals surface area contributed by atoms with Crippen molar-refractivity contribution in [1.29, 1.82) is 0 Å². The SMILES string of the molecule is C1=C2CCC(C1)C2.C=CC(=O)OC(C)(C)C. The molecule has 0 spiro atoms. The van der Waals surface area contributed by atoms with Gasteiger partial charge in [-0.15, -0.1) is 0 Å². The van der Waals surface area contributed by atoms with Gasteiger partial charge in [-0.1, -0.05) is 18.2 Å². The van der Waals surface area contributed by atoms with E-state index in [0.717, 1.165) is 12.0 Å². The van der Waals surface area contributed by atoms with Crippen molar-refractivity contribution in [3.8, 4) is 0 Å². The molecule has 0 heterocycles. The molecule has 1 saturated carbocycles. The van der Waals surface area contributed by atoms with Gasteiger partial charge in [0.25, 0.3) is 0 Å². The molecule has 2 nitrogen and oxygen atoms in total. The van der Waals surface area contributed by atoms with Crippen LogP contribution in [0, 0.1) is 5.92 Å². The molecule has 0 amide bonds. The van der Waals surface area contributed by atoms with Gasteiger partial charge in [0.1, 0.15) is 5.60 Å². The molecule has 2 bridgehead atoms. The lowest BCUT2D eigenvalue weighted by molar-refractivity contribution is -0.148. The summed E-state index contributed by atoms with van der Waals surface area (Å²) in [6.07, 6.45) is 9.34. The highest BCUT2D eigenvalue weighted by Crippen LogP contribution is 2.38. The first-order valence-corrected chi connectivity index (χ1v) is 5.94. The van der Waals surface area contributed by atoms with Crippen molar-refractivity contribution in [3.63, 3.8) is 0 Å². The van der Waals surface area contributed by atoms with E-state index in [0.29, 0.717) is 0 Å². The lowest BCUT2D eigenvalue weighted by atomic mass is 10.1. The standard InChI is InChI=1S/C7H12O2.C7H10/c1-5-6(8)9-7(2,3)4;1-2-7-4-3-6(1)5-7/h5H,1H2,2-4H3;1,7H,2-5H2. The lowest BCUT2D eigenvalue weighted by Gasteiger charge is -2.17. The average molecular weight is 222 g/mol. The maximum Gasteiger partial charge on any atom is 0.330 e. The van der Waals surface area contributed by atoms with Gasteiger partial charge < -0.3 is 4.74 Å². The predicted molar refractivity (Wildman–Crippen MR) is 66.1 cm³/mol. The van der Waals surface area contributed by atoms with Crippen LogP contribution in [0.4, 0.5) is 0 Å². The summed E-state index contributed by atoms with van der Waals surface area (Å²) < 4.78 is 4.83. The Balaban J connectivity index is 0.000000163. The smallest absolute Gasteiger partial charge is 0.330 e. The van der Waals surface area contributed by atoms with Crippen molar-refractivity contribution in [2.45, 2.75) is 52.1 Å². The van der Waals surface area contributed by atoms with Crippen LogP contribution in [-0.4, -0.2) is 11.6 Å². The number of esters is 1. The van der Waals surface area contributed by atoms with Crippen molar-refractivity contribution in [1.82, 2.24) is 0 Å². The molecule has 0 aliphatic heterocycles. The molecule has 0 N–H and O–H groups in total. The van der Waals surface area contributed by atoms with Crippen LogP contribution >= 0.6 is 0 Å². The van der Waals surface area contributed by atoms with E-state index in [9.17, 15) is 4.79 Å². The minimum atomic E-state index is -0.398. The minimum absolute atomic E-state index is 0.373. The number of carbonyl (C=O) groups is 1. The summed E-state index contributed by atoms with van der Waals surface area (Å²) in [5.74, 6) is 0.706. The molecule has 90 valence electrons. The van der Waals surface area contributed by atoms with E-state index < -0.39 is 5.60 Å². The topological polar surface area (TPSA) is 26.3 Å². The Morgan fingerprint density at radius 3 is 2.38 bits per heavy atom. The maximum absolute atomic E-state index is 10.5. The van der Waals surface area contributed by atoms with Gasteiger partial charge in [0.2, 0.25) is 0 Å². The first-order valence-electron chi connectivity index (χ1n) is 5.94. The Morgan fingerprint density at radius 2 is 2.25 bits per heavy atom. The molecule has 0 aromatic carbocycles. The van der Waals surface area contributed by atoms with Crippen molar-refractivity contribution < 1.29 is 9.53 Å². The zero-order valence-corrected chi connectivity index (χ0v) is 10.6. The summed E-state index contributed by atoms with van der Waals surface area (Å²) in [4.78, 5) is 10.5. The fourth-order valence-corrected chi connectivity index (χ4v) is 2.03. The third kappa shape index (κ3) is 4.65. The average Bonchev–Trinajstić information content (AvgIpc) is 2.79. The van der Waals surface area contributed by atoms with Crippen molar-refractivity contribution in [3.05, 3.63) is 24.3 Å². The molecular formula is C14H22O2. The summed E-state index contributed by atoms with van der Waals surface area (Å²) in [7, 11) is 0. The minimum Gasteiger partial charge on any atom is -0.457 e. The van der Waals surface area contributed by atoms with Gasteiger partial charge in [-0.25, -0.2) is 4.79 Å². The van der Waals surface area contributed by atoms with Crippen LogP contribution in [0.15, 0.2) is 24.3 Å². The van der Waals surface area contributed by atoms with Crippen molar-refractivity contribution in [2.75, 3.05) is 0 Å². The first kappa shape index (κ1) is 13.0. The number of carbonyl (C=O) groups excluding carboxylic acids is 1.